The third-order valence-electron chi connectivity index (χ3n) is 5.99. The second-order valence-corrected chi connectivity index (χ2v) is 10.6. The summed E-state index contributed by atoms with van der Waals surface area (Å²) >= 11 is 6.02. The molecule has 0 unspecified atom stereocenters. The zero-order valence-corrected chi connectivity index (χ0v) is 21.5. The fraction of sp³-hybridized carbons (Fsp3) is 0.231. The number of nitrogens with zero attached hydrogens (tertiary/aromatic N) is 2. The first-order valence-corrected chi connectivity index (χ1v) is 12.9. The Bertz CT molecular complexity index is 1400. The van der Waals surface area contributed by atoms with Crippen LogP contribution in [0.2, 0.25) is 5.02 Å². The maximum absolute atomic E-state index is 13.7. The van der Waals surface area contributed by atoms with Crippen LogP contribution in [0.5, 0.6) is 0 Å². The molecule has 0 fully saturated rings. The highest BCUT2D eigenvalue weighted by Crippen LogP contribution is 2.38. The molecule has 0 aliphatic carbocycles. The van der Waals surface area contributed by atoms with E-state index in [2.05, 4.69) is 0 Å². The van der Waals surface area contributed by atoms with Gasteiger partial charge < -0.3 is 19.3 Å². The second-order valence-electron chi connectivity index (χ2n) is 8.29. The number of methoxy groups -OCH3 is 2. The molecule has 4 rings (SSSR count). The summed E-state index contributed by atoms with van der Waals surface area (Å²) < 4.78 is 37.6. The van der Waals surface area contributed by atoms with E-state index >= 15 is 0 Å². The van der Waals surface area contributed by atoms with E-state index < -0.39 is 22.0 Å². The highest BCUT2D eigenvalue weighted by Gasteiger charge is 2.36. The van der Waals surface area contributed by atoms with E-state index in [4.69, 9.17) is 21.1 Å². The van der Waals surface area contributed by atoms with Crippen LogP contribution >= 0.6 is 11.6 Å². The molecule has 0 radical (unpaired) electrons. The summed E-state index contributed by atoms with van der Waals surface area (Å²) in [5.41, 5.74) is 1.15. The number of anilines is 1. The second kappa shape index (κ2) is 10.4. The van der Waals surface area contributed by atoms with Crippen LogP contribution in [0.3, 0.4) is 0 Å². The Morgan fingerprint density at radius 2 is 1.67 bits per heavy atom. The van der Waals surface area contributed by atoms with Crippen molar-refractivity contribution in [2.45, 2.75) is 22.6 Å². The highest BCUT2D eigenvalue weighted by atomic mass is 35.5. The van der Waals surface area contributed by atoms with E-state index in [-0.39, 0.29) is 45.6 Å². The van der Waals surface area contributed by atoms with Gasteiger partial charge in [-0.2, -0.15) is 0 Å². The zero-order chi connectivity index (χ0) is 26.0. The third-order valence-corrected chi connectivity index (χ3v) is 8.10. The van der Waals surface area contributed by atoms with Gasteiger partial charge in [0.1, 0.15) is 0 Å². The molecule has 0 spiro atoms. The molecule has 36 heavy (non-hydrogen) atoms. The topological polar surface area (TPSA) is 93.2 Å². The van der Waals surface area contributed by atoms with Crippen LogP contribution in [0.1, 0.15) is 26.3 Å². The zero-order valence-electron chi connectivity index (χ0n) is 20.0. The lowest BCUT2D eigenvalue weighted by atomic mass is 10.1. The van der Waals surface area contributed by atoms with Crippen molar-refractivity contribution < 1.29 is 27.5 Å². The molecule has 188 valence electrons. The van der Waals surface area contributed by atoms with Gasteiger partial charge in [0.2, 0.25) is 9.84 Å². The molecule has 0 saturated carbocycles. The van der Waals surface area contributed by atoms with E-state index in [1.807, 2.05) is 0 Å². The Kier molecular flexibility index (Phi) is 7.46. The van der Waals surface area contributed by atoms with Gasteiger partial charge in [-0.1, -0.05) is 35.9 Å². The summed E-state index contributed by atoms with van der Waals surface area (Å²) in [5.74, 6) is -0.866. The summed E-state index contributed by atoms with van der Waals surface area (Å²) in [6.45, 7) is 0.232. The number of sulfone groups is 1. The lowest BCUT2D eigenvalue weighted by molar-refractivity contribution is -0.110. The number of carbonyl (C=O) groups excluding carboxylic acids is 2. The molecule has 0 N–H and O–H groups in total. The number of ether oxygens (including phenoxy) is 2. The minimum Gasteiger partial charge on any atom is -0.354 e. The third kappa shape index (κ3) is 4.87. The number of amides is 2. The number of carbonyl (C=O) groups is 2. The van der Waals surface area contributed by atoms with E-state index in [1.165, 1.54) is 54.4 Å². The van der Waals surface area contributed by atoms with Crippen molar-refractivity contribution in [3.05, 3.63) is 88.4 Å². The van der Waals surface area contributed by atoms with Gasteiger partial charge in [0.15, 0.2) is 6.29 Å². The quantitative estimate of drug-likeness (QED) is 0.430. The fourth-order valence-corrected chi connectivity index (χ4v) is 5.80. The Morgan fingerprint density at radius 3 is 2.33 bits per heavy atom. The first-order chi connectivity index (χ1) is 17.2. The van der Waals surface area contributed by atoms with Crippen LogP contribution in [0.15, 0.2) is 76.5 Å². The Morgan fingerprint density at radius 1 is 1.00 bits per heavy atom. The van der Waals surface area contributed by atoms with Gasteiger partial charge in [0.25, 0.3) is 11.8 Å². The van der Waals surface area contributed by atoms with Gasteiger partial charge in [-0.05, 0) is 48.0 Å². The van der Waals surface area contributed by atoms with Gasteiger partial charge in [-0.15, -0.1) is 0 Å². The molecule has 0 saturated heterocycles. The van der Waals surface area contributed by atoms with E-state index in [1.54, 1.807) is 43.4 Å². The average Bonchev–Trinajstić information content (AvgIpc) is 2.95. The first-order valence-electron chi connectivity index (χ1n) is 11.0. The van der Waals surface area contributed by atoms with Crippen LogP contribution in [-0.2, 0) is 25.9 Å². The smallest absolute Gasteiger partial charge is 0.259 e. The van der Waals surface area contributed by atoms with Crippen molar-refractivity contribution in [2.75, 3.05) is 32.7 Å². The van der Waals surface area contributed by atoms with E-state index in [9.17, 15) is 18.0 Å². The Hall–Kier alpha value is -3.24. The number of likely N-dealkylation sites (N-methyl/N-ethyl adjacent to an activating group) is 1. The van der Waals surface area contributed by atoms with Crippen molar-refractivity contribution in [3.63, 3.8) is 0 Å². The number of halogens is 1. The minimum atomic E-state index is -4.04. The number of hydrogen-bond acceptors (Lipinski definition) is 6. The van der Waals surface area contributed by atoms with Crippen LogP contribution in [-0.4, -0.2) is 59.2 Å². The monoisotopic (exact) mass is 528 g/mol. The minimum absolute atomic E-state index is 0.0550. The lowest BCUT2D eigenvalue weighted by Gasteiger charge is -2.25. The molecule has 3 aromatic rings. The summed E-state index contributed by atoms with van der Waals surface area (Å²) in [4.78, 5) is 29.6. The SMILES string of the molecule is COC(CN(C)C(=O)c1ccc2c(c1)N(Cc1ccc(Cl)cc1)C(=O)c1ccccc1S2(=O)=O)OC. The maximum atomic E-state index is 13.7. The molecule has 1 aliphatic rings. The lowest BCUT2D eigenvalue weighted by Crippen LogP contribution is -2.36. The number of hydrogen-bond donors (Lipinski definition) is 0. The van der Waals surface area contributed by atoms with Gasteiger partial charge in [-0.3, -0.25) is 9.59 Å². The molecular weight excluding hydrogens is 504 g/mol. The number of benzene rings is 3. The van der Waals surface area contributed by atoms with Gasteiger partial charge in [0.05, 0.1) is 34.1 Å². The molecule has 0 aromatic heterocycles. The first kappa shape index (κ1) is 25.8. The van der Waals surface area contributed by atoms with Crippen molar-refractivity contribution in [1.29, 1.82) is 0 Å². The Balaban J connectivity index is 1.84. The van der Waals surface area contributed by atoms with Crippen LogP contribution < -0.4 is 4.90 Å². The van der Waals surface area contributed by atoms with Gasteiger partial charge >= 0.3 is 0 Å². The standard InChI is InChI=1S/C26H25ClN2O6S/c1-28(16-24(34-2)35-3)25(30)18-10-13-23-21(14-18)29(15-17-8-11-19(27)12-9-17)26(31)20-6-4-5-7-22(20)36(23,32)33/h4-14,24H,15-16H2,1-3H3. The van der Waals surface area contributed by atoms with Gasteiger partial charge in [0, 0.05) is 31.9 Å². The molecular formula is C26H25ClN2O6S. The molecule has 3 aromatic carbocycles. The normalized spacial score (nSPS) is 14.2. The molecule has 8 nitrogen and oxygen atoms in total. The fourth-order valence-electron chi connectivity index (χ4n) is 4.04. The van der Waals surface area contributed by atoms with E-state index in [0.29, 0.717) is 5.02 Å². The van der Waals surface area contributed by atoms with Crippen molar-refractivity contribution >= 4 is 38.9 Å². The van der Waals surface area contributed by atoms with Crippen LogP contribution in [0.25, 0.3) is 0 Å². The summed E-state index contributed by atoms with van der Waals surface area (Å²) in [7, 11) is 0.485. The van der Waals surface area contributed by atoms with Gasteiger partial charge in [-0.25, -0.2) is 8.42 Å². The maximum Gasteiger partial charge on any atom is 0.259 e. The summed E-state index contributed by atoms with van der Waals surface area (Å²) in [5, 5.41) is 0.538. The van der Waals surface area contributed by atoms with Crippen LogP contribution in [0, 0.1) is 0 Å². The molecule has 1 aliphatic heterocycles. The molecule has 10 heteroatoms. The van der Waals surface area contributed by atoms with E-state index in [0.717, 1.165) is 5.56 Å². The van der Waals surface area contributed by atoms with Crippen LogP contribution in [0.4, 0.5) is 5.69 Å². The molecule has 0 atom stereocenters. The highest BCUT2D eigenvalue weighted by molar-refractivity contribution is 7.91. The molecule has 0 bridgehead atoms. The Labute approximate surface area is 214 Å². The van der Waals surface area contributed by atoms with Crippen molar-refractivity contribution in [1.82, 2.24) is 4.90 Å². The van der Waals surface area contributed by atoms with Crippen molar-refractivity contribution in [3.8, 4) is 0 Å². The predicted octanol–water partition coefficient (Wildman–Crippen LogP) is 4.02. The molecule has 2 amide bonds. The molecule has 1 heterocycles. The number of fused-ring (bicyclic) bond motifs is 2. The largest absolute Gasteiger partial charge is 0.354 e. The predicted molar refractivity (Wildman–Crippen MR) is 135 cm³/mol. The number of rotatable bonds is 7. The average molecular weight is 529 g/mol. The van der Waals surface area contributed by atoms with Crippen molar-refractivity contribution in [2.24, 2.45) is 0 Å². The summed E-state index contributed by atoms with van der Waals surface area (Å²) in [6, 6.07) is 17.3. The summed E-state index contributed by atoms with van der Waals surface area (Å²) in [6.07, 6.45) is -0.627.